The van der Waals surface area contributed by atoms with Crippen LogP contribution in [-0.4, -0.2) is 36.9 Å². The summed E-state index contributed by atoms with van der Waals surface area (Å²) in [4.78, 5) is 20.2. The molecule has 0 fully saturated rings. The van der Waals surface area contributed by atoms with E-state index in [1.807, 2.05) is 61.5 Å². The molecular weight excluding hydrogens is 250 g/mol. The van der Waals surface area contributed by atoms with Gasteiger partial charge >= 0.3 is 0 Å². The van der Waals surface area contributed by atoms with Crippen molar-refractivity contribution in [3.8, 4) is 0 Å². The highest BCUT2D eigenvalue weighted by Gasteiger charge is 2.12. The fraction of sp³-hybridized carbons (Fsp3) is 0.250. The summed E-state index contributed by atoms with van der Waals surface area (Å²) in [5.41, 5.74) is 2.65. The van der Waals surface area contributed by atoms with Gasteiger partial charge in [0, 0.05) is 38.6 Å². The van der Waals surface area contributed by atoms with E-state index in [1.165, 1.54) is 0 Å². The number of benzene rings is 1. The maximum Gasteiger partial charge on any atom is 0.253 e. The SMILES string of the molecule is CN(Cc1ccccn1)C(=O)c1ccc(N(C)C)cc1. The zero-order valence-electron chi connectivity index (χ0n) is 12.1. The second-order valence-electron chi connectivity index (χ2n) is 4.92. The maximum absolute atomic E-state index is 12.3. The molecule has 0 spiro atoms. The molecule has 2 rings (SSSR count). The van der Waals surface area contributed by atoms with Gasteiger partial charge in [0.25, 0.3) is 5.91 Å². The minimum Gasteiger partial charge on any atom is -0.378 e. The smallest absolute Gasteiger partial charge is 0.253 e. The van der Waals surface area contributed by atoms with Crippen molar-refractivity contribution in [2.45, 2.75) is 6.54 Å². The normalized spacial score (nSPS) is 10.2. The lowest BCUT2D eigenvalue weighted by molar-refractivity contribution is 0.0783. The summed E-state index contributed by atoms with van der Waals surface area (Å²) in [6.45, 7) is 0.509. The molecule has 0 radical (unpaired) electrons. The fourth-order valence-corrected chi connectivity index (χ4v) is 1.93. The summed E-state index contributed by atoms with van der Waals surface area (Å²) in [5.74, 6) is 0.000888. The molecule has 0 aliphatic heterocycles. The monoisotopic (exact) mass is 269 g/mol. The molecule has 0 unspecified atom stereocenters. The Balaban J connectivity index is 2.06. The Bertz CT molecular complexity index is 564. The van der Waals surface area contributed by atoms with Crippen LogP contribution in [0.3, 0.4) is 0 Å². The zero-order chi connectivity index (χ0) is 14.5. The van der Waals surface area contributed by atoms with Gasteiger partial charge in [-0.25, -0.2) is 0 Å². The van der Waals surface area contributed by atoms with Gasteiger partial charge in [0.05, 0.1) is 12.2 Å². The maximum atomic E-state index is 12.3. The molecule has 0 aliphatic carbocycles. The molecule has 0 atom stereocenters. The minimum atomic E-state index is 0.000888. The molecule has 4 nitrogen and oxygen atoms in total. The highest BCUT2D eigenvalue weighted by atomic mass is 16.2. The first-order valence-corrected chi connectivity index (χ1v) is 6.50. The van der Waals surface area contributed by atoms with E-state index in [4.69, 9.17) is 0 Å². The second-order valence-corrected chi connectivity index (χ2v) is 4.92. The summed E-state index contributed by atoms with van der Waals surface area (Å²) in [5, 5.41) is 0. The molecule has 1 aromatic carbocycles. The van der Waals surface area contributed by atoms with Gasteiger partial charge in [-0.15, -0.1) is 0 Å². The van der Waals surface area contributed by atoms with Crippen molar-refractivity contribution in [2.75, 3.05) is 26.0 Å². The zero-order valence-corrected chi connectivity index (χ0v) is 12.1. The first-order valence-electron chi connectivity index (χ1n) is 6.50. The lowest BCUT2D eigenvalue weighted by Gasteiger charge is -2.18. The first kappa shape index (κ1) is 14.1. The van der Waals surface area contributed by atoms with Crippen LogP contribution in [0.4, 0.5) is 5.69 Å². The van der Waals surface area contributed by atoms with Crippen molar-refractivity contribution < 1.29 is 4.79 Å². The van der Waals surface area contributed by atoms with Crippen LogP contribution in [-0.2, 0) is 6.54 Å². The van der Waals surface area contributed by atoms with Crippen molar-refractivity contribution in [3.05, 3.63) is 59.9 Å². The number of hydrogen-bond acceptors (Lipinski definition) is 3. The third-order valence-corrected chi connectivity index (χ3v) is 3.10. The summed E-state index contributed by atoms with van der Waals surface area (Å²) in [7, 11) is 5.74. The molecule has 20 heavy (non-hydrogen) atoms. The van der Waals surface area contributed by atoms with Crippen LogP contribution >= 0.6 is 0 Å². The number of amides is 1. The van der Waals surface area contributed by atoms with Crippen molar-refractivity contribution in [1.82, 2.24) is 9.88 Å². The molecule has 1 amide bonds. The molecule has 4 heteroatoms. The Morgan fingerprint density at radius 1 is 1.05 bits per heavy atom. The van der Waals surface area contributed by atoms with E-state index in [2.05, 4.69) is 4.98 Å². The van der Waals surface area contributed by atoms with Crippen LogP contribution in [0.1, 0.15) is 16.1 Å². The molecule has 0 aliphatic rings. The molecule has 0 saturated heterocycles. The van der Waals surface area contributed by atoms with Gasteiger partial charge in [0.2, 0.25) is 0 Å². The van der Waals surface area contributed by atoms with Gasteiger partial charge in [-0.1, -0.05) is 6.07 Å². The fourth-order valence-electron chi connectivity index (χ4n) is 1.93. The number of rotatable bonds is 4. The molecule has 0 N–H and O–H groups in total. The van der Waals surface area contributed by atoms with E-state index in [0.29, 0.717) is 12.1 Å². The molecule has 104 valence electrons. The van der Waals surface area contributed by atoms with Crippen LogP contribution in [0.2, 0.25) is 0 Å². The molecule has 2 aromatic rings. The predicted molar refractivity (Wildman–Crippen MR) is 80.8 cm³/mol. The van der Waals surface area contributed by atoms with Gasteiger partial charge < -0.3 is 9.80 Å². The van der Waals surface area contributed by atoms with E-state index in [1.54, 1.807) is 18.1 Å². The Morgan fingerprint density at radius 2 is 1.75 bits per heavy atom. The number of pyridine rings is 1. The summed E-state index contributed by atoms with van der Waals surface area (Å²) < 4.78 is 0. The van der Waals surface area contributed by atoms with Crippen LogP contribution in [0.15, 0.2) is 48.7 Å². The number of carbonyl (C=O) groups excluding carboxylic acids is 1. The number of anilines is 1. The standard InChI is InChI=1S/C16H19N3O/c1-18(2)15-9-7-13(8-10-15)16(20)19(3)12-14-6-4-5-11-17-14/h4-11H,12H2,1-3H3. The summed E-state index contributed by atoms with van der Waals surface area (Å²) in [6, 6.07) is 13.3. The Labute approximate surface area is 119 Å². The van der Waals surface area contributed by atoms with E-state index in [0.717, 1.165) is 11.4 Å². The van der Waals surface area contributed by atoms with Gasteiger partial charge in [-0.3, -0.25) is 9.78 Å². The number of nitrogens with zero attached hydrogens (tertiary/aromatic N) is 3. The topological polar surface area (TPSA) is 36.4 Å². The van der Waals surface area contributed by atoms with Gasteiger partial charge in [-0.2, -0.15) is 0 Å². The van der Waals surface area contributed by atoms with E-state index < -0.39 is 0 Å². The largest absolute Gasteiger partial charge is 0.378 e. The lowest BCUT2D eigenvalue weighted by atomic mass is 10.1. The van der Waals surface area contributed by atoms with E-state index >= 15 is 0 Å². The number of carbonyl (C=O) groups is 1. The minimum absolute atomic E-state index is 0.000888. The third kappa shape index (κ3) is 3.35. The third-order valence-electron chi connectivity index (χ3n) is 3.10. The average molecular weight is 269 g/mol. The van der Waals surface area contributed by atoms with Crippen LogP contribution in [0.5, 0.6) is 0 Å². The number of aromatic nitrogens is 1. The average Bonchev–Trinajstić information content (AvgIpc) is 2.47. The van der Waals surface area contributed by atoms with E-state index in [-0.39, 0.29) is 5.91 Å². The van der Waals surface area contributed by atoms with Crippen LogP contribution in [0, 0.1) is 0 Å². The molecular formula is C16H19N3O. The Morgan fingerprint density at radius 3 is 2.30 bits per heavy atom. The number of hydrogen-bond donors (Lipinski definition) is 0. The first-order chi connectivity index (χ1) is 9.58. The van der Waals surface area contributed by atoms with Crippen molar-refractivity contribution in [2.24, 2.45) is 0 Å². The van der Waals surface area contributed by atoms with Gasteiger partial charge in [0.1, 0.15) is 0 Å². The van der Waals surface area contributed by atoms with Crippen LogP contribution in [0.25, 0.3) is 0 Å². The summed E-state index contributed by atoms with van der Waals surface area (Å²) in [6.07, 6.45) is 1.74. The van der Waals surface area contributed by atoms with Gasteiger partial charge in [0.15, 0.2) is 0 Å². The second kappa shape index (κ2) is 6.19. The molecule has 0 saturated carbocycles. The Hall–Kier alpha value is -2.36. The quantitative estimate of drug-likeness (QED) is 0.855. The highest BCUT2D eigenvalue weighted by molar-refractivity contribution is 5.94. The Kier molecular flexibility index (Phi) is 4.35. The molecule has 0 bridgehead atoms. The molecule has 1 aromatic heterocycles. The van der Waals surface area contributed by atoms with Crippen molar-refractivity contribution in [3.63, 3.8) is 0 Å². The van der Waals surface area contributed by atoms with Gasteiger partial charge in [-0.05, 0) is 36.4 Å². The van der Waals surface area contributed by atoms with Crippen molar-refractivity contribution in [1.29, 1.82) is 0 Å². The van der Waals surface area contributed by atoms with Crippen molar-refractivity contribution >= 4 is 11.6 Å². The molecule has 1 heterocycles. The summed E-state index contributed by atoms with van der Waals surface area (Å²) >= 11 is 0. The predicted octanol–water partition coefficient (Wildman–Crippen LogP) is 2.42. The van der Waals surface area contributed by atoms with E-state index in [9.17, 15) is 4.79 Å². The van der Waals surface area contributed by atoms with Crippen LogP contribution < -0.4 is 4.90 Å². The lowest BCUT2D eigenvalue weighted by Crippen LogP contribution is -2.26. The highest BCUT2D eigenvalue weighted by Crippen LogP contribution is 2.14.